The summed E-state index contributed by atoms with van der Waals surface area (Å²) >= 11 is 0. The van der Waals surface area contributed by atoms with E-state index >= 15 is 0 Å². The molecule has 0 aliphatic carbocycles. The van der Waals surface area contributed by atoms with Crippen molar-refractivity contribution in [2.24, 2.45) is 0 Å². The van der Waals surface area contributed by atoms with Crippen molar-refractivity contribution >= 4 is 17.6 Å². The minimum atomic E-state index is -0.404. The van der Waals surface area contributed by atoms with Crippen LogP contribution in [-0.2, 0) is 16.0 Å². The molecule has 0 atom stereocenters. The van der Waals surface area contributed by atoms with Crippen LogP contribution >= 0.6 is 0 Å². The maximum absolute atomic E-state index is 12.0. The number of carbonyl (C=O) groups excluding carboxylic acids is 2. The van der Waals surface area contributed by atoms with Gasteiger partial charge < -0.3 is 14.8 Å². The Bertz CT molecular complexity index is 680. The number of rotatable bonds is 6. The first-order valence-corrected chi connectivity index (χ1v) is 7.24. The summed E-state index contributed by atoms with van der Waals surface area (Å²) in [5.41, 5.74) is 2.08. The van der Waals surface area contributed by atoms with Gasteiger partial charge in [0.15, 0.2) is 0 Å². The molecule has 2 aromatic carbocycles. The van der Waals surface area contributed by atoms with Gasteiger partial charge in [-0.25, -0.2) is 4.79 Å². The van der Waals surface area contributed by atoms with Gasteiger partial charge in [0.1, 0.15) is 5.75 Å². The number of hydrogen-bond donors (Lipinski definition) is 1. The molecular formula is C18H19NO4. The van der Waals surface area contributed by atoms with Crippen LogP contribution in [0, 0.1) is 0 Å². The van der Waals surface area contributed by atoms with Crippen LogP contribution in [0.25, 0.3) is 0 Å². The van der Waals surface area contributed by atoms with Crippen molar-refractivity contribution in [1.82, 2.24) is 0 Å². The molecule has 23 heavy (non-hydrogen) atoms. The van der Waals surface area contributed by atoms with Crippen molar-refractivity contribution in [1.29, 1.82) is 0 Å². The van der Waals surface area contributed by atoms with Gasteiger partial charge in [-0.15, -0.1) is 0 Å². The predicted octanol–water partition coefficient (Wildman–Crippen LogP) is 3.05. The van der Waals surface area contributed by atoms with Crippen LogP contribution in [0.15, 0.2) is 48.5 Å². The zero-order chi connectivity index (χ0) is 16.7. The zero-order valence-corrected chi connectivity index (χ0v) is 13.2. The molecule has 0 aromatic heterocycles. The first-order valence-electron chi connectivity index (χ1n) is 7.24. The molecule has 0 unspecified atom stereocenters. The summed E-state index contributed by atoms with van der Waals surface area (Å²) in [6.07, 6.45) is 0.940. The van der Waals surface area contributed by atoms with Gasteiger partial charge in [-0.3, -0.25) is 4.79 Å². The quantitative estimate of drug-likeness (QED) is 0.833. The topological polar surface area (TPSA) is 64.6 Å². The first kappa shape index (κ1) is 16.5. The second kappa shape index (κ2) is 7.98. The Kier molecular flexibility index (Phi) is 5.74. The van der Waals surface area contributed by atoms with Crippen molar-refractivity contribution in [3.05, 3.63) is 59.7 Å². The van der Waals surface area contributed by atoms with Gasteiger partial charge in [-0.05, 0) is 42.3 Å². The number of para-hydroxylation sites is 1. The van der Waals surface area contributed by atoms with Crippen LogP contribution in [0.3, 0.4) is 0 Å². The number of nitrogens with one attached hydrogen (secondary N) is 1. The molecule has 5 heteroatoms. The molecule has 0 spiro atoms. The smallest absolute Gasteiger partial charge is 0.337 e. The average molecular weight is 313 g/mol. The Morgan fingerprint density at radius 2 is 1.70 bits per heavy atom. The Labute approximate surface area is 135 Å². The SMILES string of the molecule is COC(=O)c1ccc(NC(=O)CCc2ccccc2OC)cc1. The first-order chi connectivity index (χ1) is 11.1. The third kappa shape index (κ3) is 4.57. The van der Waals surface area contributed by atoms with Crippen molar-refractivity contribution in [3.63, 3.8) is 0 Å². The Morgan fingerprint density at radius 1 is 1.00 bits per heavy atom. The van der Waals surface area contributed by atoms with E-state index in [0.717, 1.165) is 11.3 Å². The lowest BCUT2D eigenvalue weighted by Gasteiger charge is -2.09. The van der Waals surface area contributed by atoms with E-state index in [0.29, 0.717) is 24.1 Å². The van der Waals surface area contributed by atoms with Gasteiger partial charge in [0, 0.05) is 12.1 Å². The Hall–Kier alpha value is -2.82. The molecule has 0 fully saturated rings. The Balaban J connectivity index is 1.91. The molecule has 0 saturated carbocycles. The maximum Gasteiger partial charge on any atom is 0.337 e. The average Bonchev–Trinajstić information content (AvgIpc) is 2.60. The third-order valence-electron chi connectivity index (χ3n) is 3.40. The lowest BCUT2D eigenvalue weighted by Crippen LogP contribution is -2.12. The van der Waals surface area contributed by atoms with Gasteiger partial charge in [-0.1, -0.05) is 18.2 Å². The number of esters is 1. The maximum atomic E-state index is 12.0. The minimum Gasteiger partial charge on any atom is -0.496 e. The summed E-state index contributed by atoms with van der Waals surface area (Å²) in [7, 11) is 2.94. The summed E-state index contributed by atoms with van der Waals surface area (Å²) in [6.45, 7) is 0. The number of anilines is 1. The van der Waals surface area contributed by atoms with Crippen LogP contribution < -0.4 is 10.1 Å². The Morgan fingerprint density at radius 3 is 2.35 bits per heavy atom. The van der Waals surface area contributed by atoms with Crippen LogP contribution in [-0.4, -0.2) is 26.1 Å². The van der Waals surface area contributed by atoms with E-state index in [-0.39, 0.29) is 5.91 Å². The van der Waals surface area contributed by atoms with Crippen molar-refractivity contribution in [2.45, 2.75) is 12.8 Å². The van der Waals surface area contributed by atoms with E-state index in [9.17, 15) is 9.59 Å². The number of methoxy groups -OCH3 is 2. The molecule has 5 nitrogen and oxygen atoms in total. The van der Waals surface area contributed by atoms with E-state index in [1.165, 1.54) is 7.11 Å². The molecule has 2 rings (SSSR count). The van der Waals surface area contributed by atoms with Crippen molar-refractivity contribution < 1.29 is 19.1 Å². The van der Waals surface area contributed by atoms with E-state index in [2.05, 4.69) is 10.1 Å². The summed E-state index contributed by atoms with van der Waals surface area (Å²) in [5.74, 6) is 0.281. The highest BCUT2D eigenvalue weighted by Crippen LogP contribution is 2.19. The largest absolute Gasteiger partial charge is 0.496 e. The van der Waals surface area contributed by atoms with E-state index < -0.39 is 5.97 Å². The molecular weight excluding hydrogens is 294 g/mol. The number of benzene rings is 2. The van der Waals surface area contributed by atoms with Gasteiger partial charge in [0.25, 0.3) is 0 Å². The number of ether oxygens (including phenoxy) is 2. The monoisotopic (exact) mass is 313 g/mol. The summed E-state index contributed by atoms with van der Waals surface area (Å²) in [6, 6.07) is 14.2. The fourth-order valence-corrected chi connectivity index (χ4v) is 2.19. The normalized spacial score (nSPS) is 10.0. The van der Waals surface area contributed by atoms with Crippen LogP contribution in [0.4, 0.5) is 5.69 Å². The predicted molar refractivity (Wildman–Crippen MR) is 87.7 cm³/mol. The molecule has 0 aliphatic rings. The minimum absolute atomic E-state index is 0.0956. The fraction of sp³-hybridized carbons (Fsp3) is 0.222. The molecule has 0 aliphatic heterocycles. The highest BCUT2D eigenvalue weighted by molar-refractivity contribution is 5.93. The van der Waals surface area contributed by atoms with Gasteiger partial charge in [0.05, 0.1) is 19.8 Å². The summed E-state index contributed by atoms with van der Waals surface area (Å²) in [5, 5.41) is 2.80. The lowest BCUT2D eigenvalue weighted by molar-refractivity contribution is -0.116. The molecule has 0 bridgehead atoms. The molecule has 0 saturated heterocycles. The van der Waals surface area contributed by atoms with Crippen molar-refractivity contribution in [2.75, 3.05) is 19.5 Å². The van der Waals surface area contributed by atoms with Gasteiger partial charge >= 0.3 is 5.97 Å². The highest BCUT2D eigenvalue weighted by Gasteiger charge is 2.08. The zero-order valence-electron chi connectivity index (χ0n) is 13.2. The number of aryl methyl sites for hydroxylation is 1. The lowest BCUT2D eigenvalue weighted by atomic mass is 10.1. The van der Waals surface area contributed by atoms with Gasteiger partial charge in [-0.2, -0.15) is 0 Å². The van der Waals surface area contributed by atoms with Crippen molar-refractivity contribution in [3.8, 4) is 5.75 Å². The number of carbonyl (C=O) groups is 2. The van der Waals surface area contributed by atoms with Crippen LogP contribution in [0.1, 0.15) is 22.3 Å². The van der Waals surface area contributed by atoms with Crippen LogP contribution in [0.2, 0.25) is 0 Å². The molecule has 0 radical (unpaired) electrons. The molecule has 1 N–H and O–H groups in total. The molecule has 1 amide bonds. The summed E-state index contributed by atoms with van der Waals surface area (Å²) in [4.78, 5) is 23.4. The highest BCUT2D eigenvalue weighted by atomic mass is 16.5. The second-order valence-electron chi connectivity index (χ2n) is 4.93. The van der Waals surface area contributed by atoms with Gasteiger partial charge in [0.2, 0.25) is 5.91 Å². The fourth-order valence-electron chi connectivity index (χ4n) is 2.19. The number of hydrogen-bond acceptors (Lipinski definition) is 4. The molecule has 0 heterocycles. The van der Waals surface area contributed by atoms with E-state index in [4.69, 9.17) is 4.74 Å². The number of amides is 1. The standard InChI is InChI=1S/C18H19NO4/c1-22-16-6-4-3-5-13(16)9-12-17(20)19-15-10-7-14(8-11-15)18(21)23-2/h3-8,10-11H,9,12H2,1-2H3,(H,19,20). The molecule has 120 valence electrons. The molecule has 2 aromatic rings. The second-order valence-corrected chi connectivity index (χ2v) is 4.93. The summed E-state index contributed by atoms with van der Waals surface area (Å²) < 4.78 is 9.90. The van der Waals surface area contributed by atoms with Crippen LogP contribution in [0.5, 0.6) is 5.75 Å². The van der Waals surface area contributed by atoms with E-state index in [1.807, 2.05) is 24.3 Å². The van der Waals surface area contributed by atoms with E-state index in [1.54, 1.807) is 31.4 Å². The third-order valence-corrected chi connectivity index (χ3v) is 3.40.